The maximum atomic E-state index is 5.81. The van der Waals surface area contributed by atoms with Crippen LogP contribution in [0.5, 0.6) is 11.5 Å². The van der Waals surface area contributed by atoms with Crippen molar-refractivity contribution in [3.05, 3.63) is 53.6 Å². The molecule has 0 amide bonds. The molecule has 2 rings (SSSR count). The first kappa shape index (κ1) is 15.5. The van der Waals surface area contributed by atoms with E-state index in [1.165, 1.54) is 0 Å². The molecule has 0 saturated heterocycles. The smallest absolute Gasteiger partial charge is 0.119 e. The van der Waals surface area contributed by atoms with E-state index in [1.54, 1.807) is 0 Å². The quantitative estimate of drug-likeness (QED) is 0.575. The van der Waals surface area contributed by atoms with Crippen LogP contribution in [0.1, 0.15) is 19.3 Å². The van der Waals surface area contributed by atoms with Crippen molar-refractivity contribution in [3.8, 4) is 11.5 Å². The first-order valence-electron chi connectivity index (χ1n) is 7.11. The van der Waals surface area contributed by atoms with Crippen LogP contribution in [0.15, 0.2) is 48.5 Å². The number of benzene rings is 2. The number of unbranched alkanes of at least 4 members (excludes halogenated alkanes) is 2. The topological polar surface area (TPSA) is 44.5 Å². The molecule has 0 heterocycles. The van der Waals surface area contributed by atoms with Crippen LogP contribution in [0.3, 0.4) is 0 Å². The van der Waals surface area contributed by atoms with Gasteiger partial charge in [0.2, 0.25) is 0 Å². The summed E-state index contributed by atoms with van der Waals surface area (Å²) in [5.41, 5.74) is 6.37. The van der Waals surface area contributed by atoms with Crippen LogP contribution in [-0.2, 0) is 0 Å². The van der Waals surface area contributed by atoms with Gasteiger partial charge in [-0.2, -0.15) is 0 Å². The summed E-state index contributed by atoms with van der Waals surface area (Å²) in [5, 5.41) is 0.724. The van der Waals surface area contributed by atoms with Gasteiger partial charge in [0.15, 0.2) is 0 Å². The van der Waals surface area contributed by atoms with E-state index >= 15 is 0 Å². The molecule has 4 heteroatoms. The van der Waals surface area contributed by atoms with Gasteiger partial charge in [0.1, 0.15) is 11.5 Å². The monoisotopic (exact) mass is 305 g/mol. The first-order valence-corrected chi connectivity index (χ1v) is 7.48. The average molecular weight is 306 g/mol. The van der Waals surface area contributed by atoms with E-state index in [2.05, 4.69) is 0 Å². The molecule has 0 aliphatic heterocycles. The Labute approximate surface area is 130 Å². The molecule has 2 aromatic rings. The van der Waals surface area contributed by atoms with Crippen LogP contribution in [-0.4, -0.2) is 13.2 Å². The highest BCUT2D eigenvalue weighted by molar-refractivity contribution is 6.30. The fraction of sp³-hybridized carbons (Fsp3) is 0.294. The Kier molecular flexibility index (Phi) is 6.22. The lowest BCUT2D eigenvalue weighted by atomic mass is 10.2. The fourth-order valence-corrected chi connectivity index (χ4v) is 1.98. The predicted octanol–water partition coefficient (Wildman–Crippen LogP) is 4.55. The Hall–Kier alpha value is -1.87. The van der Waals surface area contributed by atoms with Crippen molar-refractivity contribution in [1.29, 1.82) is 0 Å². The SMILES string of the molecule is Nc1ccc(OCCCCCOc2ccc(Cl)cc2)cc1. The molecule has 0 aliphatic rings. The third-order valence-corrected chi connectivity index (χ3v) is 3.27. The number of nitrogens with two attached hydrogens (primary N) is 1. The lowest BCUT2D eigenvalue weighted by Crippen LogP contribution is -2.01. The summed E-state index contributed by atoms with van der Waals surface area (Å²) in [7, 11) is 0. The summed E-state index contributed by atoms with van der Waals surface area (Å²) < 4.78 is 11.3. The lowest BCUT2D eigenvalue weighted by molar-refractivity contribution is 0.279. The minimum absolute atomic E-state index is 0.712. The standard InChI is InChI=1S/C17H20ClNO2/c18-14-4-8-16(9-5-14)20-12-2-1-3-13-21-17-10-6-15(19)7-11-17/h4-11H,1-3,12-13,19H2. The Balaban J connectivity index is 1.52. The van der Waals surface area contributed by atoms with E-state index in [0.717, 1.165) is 41.5 Å². The molecule has 2 N–H and O–H groups in total. The molecular formula is C17H20ClNO2. The largest absolute Gasteiger partial charge is 0.494 e. The van der Waals surface area contributed by atoms with E-state index < -0.39 is 0 Å². The second-order valence-corrected chi connectivity index (χ2v) is 5.22. The first-order chi connectivity index (χ1) is 10.2. The molecule has 0 bridgehead atoms. The summed E-state index contributed by atoms with van der Waals surface area (Å²) in [4.78, 5) is 0. The zero-order chi connectivity index (χ0) is 14.9. The van der Waals surface area contributed by atoms with Gasteiger partial charge in [-0.15, -0.1) is 0 Å². The highest BCUT2D eigenvalue weighted by Gasteiger charge is 1.96. The summed E-state index contributed by atoms with van der Waals surface area (Å²) >= 11 is 5.81. The molecule has 112 valence electrons. The van der Waals surface area contributed by atoms with E-state index in [9.17, 15) is 0 Å². The number of anilines is 1. The number of nitrogen functional groups attached to an aromatic ring is 1. The van der Waals surface area contributed by atoms with E-state index in [4.69, 9.17) is 26.8 Å². The third-order valence-electron chi connectivity index (χ3n) is 3.02. The molecule has 2 aromatic carbocycles. The van der Waals surface area contributed by atoms with E-state index in [1.807, 2.05) is 48.5 Å². The highest BCUT2D eigenvalue weighted by Crippen LogP contribution is 2.16. The maximum absolute atomic E-state index is 5.81. The van der Waals surface area contributed by atoms with Gasteiger partial charge in [0, 0.05) is 10.7 Å². The molecule has 0 unspecified atom stereocenters. The number of halogens is 1. The van der Waals surface area contributed by atoms with Gasteiger partial charge in [-0.05, 0) is 67.8 Å². The zero-order valence-electron chi connectivity index (χ0n) is 11.9. The van der Waals surface area contributed by atoms with Crippen molar-refractivity contribution in [2.75, 3.05) is 18.9 Å². The fourth-order valence-electron chi connectivity index (χ4n) is 1.86. The van der Waals surface area contributed by atoms with E-state index in [-0.39, 0.29) is 0 Å². The van der Waals surface area contributed by atoms with Crippen molar-refractivity contribution < 1.29 is 9.47 Å². The molecule has 0 fully saturated rings. The van der Waals surface area contributed by atoms with Gasteiger partial charge in [-0.25, -0.2) is 0 Å². The molecule has 3 nitrogen and oxygen atoms in total. The Morgan fingerprint density at radius 3 is 1.71 bits per heavy atom. The maximum Gasteiger partial charge on any atom is 0.119 e. The number of hydrogen-bond acceptors (Lipinski definition) is 3. The number of ether oxygens (including phenoxy) is 2. The van der Waals surface area contributed by atoms with Crippen molar-refractivity contribution in [2.45, 2.75) is 19.3 Å². The average Bonchev–Trinajstić information content (AvgIpc) is 2.50. The Morgan fingerprint density at radius 2 is 1.19 bits per heavy atom. The Bertz CT molecular complexity index is 476. The van der Waals surface area contributed by atoms with Crippen LogP contribution in [0.2, 0.25) is 5.02 Å². The molecular weight excluding hydrogens is 286 g/mol. The Morgan fingerprint density at radius 1 is 0.714 bits per heavy atom. The molecule has 0 spiro atoms. The van der Waals surface area contributed by atoms with Gasteiger partial charge < -0.3 is 15.2 Å². The third kappa shape index (κ3) is 5.96. The van der Waals surface area contributed by atoms with Gasteiger partial charge in [-0.1, -0.05) is 11.6 Å². The highest BCUT2D eigenvalue weighted by atomic mass is 35.5. The van der Waals surface area contributed by atoms with Gasteiger partial charge >= 0.3 is 0 Å². The molecule has 0 radical (unpaired) electrons. The summed E-state index contributed by atoms with van der Waals surface area (Å²) in [6.45, 7) is 1.42. The van der Waals surface area contributed by atoms with Gasteiger partial charge in [0.05, 0.1) is 13.2 Å². The summed E-state index contributed by atoms with van der Waals surface area (Å²) in [6.07, 6.45) is 3.09. The van der Waals surface area contributed by atoms with Crippen LogP contribution in [0.4, 0.5) is 5.69 Å². The normalized spacial score (nSPS) is 10.3. The van der Waals surface area contributed by atoms with Crippen molar-refractivity contribution in [1.82, 2.24) is 0 Å². The van der Waals surface area contributed by atoms with Crippen molar-refractivity contribution in [3.63, 3.8) is 0 Å². The second-order valence-electron chi connectivity index (χ2n) is 4.78. The van der Waals surface area contributed by atoms with Crippen molar-refractivity contribution >= 4 is 17.3 Å². The summed E-state index contributed by atoms with van der Waals surface area (Å²) in [5.74, 6) is 1.72. The number of hydrogen-bond donors (Lipinski definition) is 1. The van der Waals surface area contributed by atoms with Crippen LogP contribution >= 0.6 is 11.6 Å². The van der Waals surface area contributed by atoms with Crippen LogP contribution < -0.4 is 15.2 Å². The minimum atomic E-state index is 0.712. The predicted molar refractivity (Wildman–Crippen MR) is 87.1 cm³/mol. The zero-order valence-corrected chi connectivity index (χ0v) is 12.7. The minimum Gasteiger partial charge on any atom is -0.494 e. The van der Waals surface area contributed by atoms with Crippen LogP contribution in [0.25, 0.3) is 0 Å². The van der Waals surface area contributed by atoms with Crippen molar-refractivity contribution in [2.24, 2.45) is 0 Å². The van der Waals surface area contributed by atoms with Gasteiger partial charge in [0.25, 0.3) is 0 Å². The van der Waals surface area contributed by atoms with Crippen LogP contribution in [0, 0.1) is 0 Å². The molecule has 0 aliphatic carbocycles. The molecule has 0 atom stereocenters. The molecule has 21 heavy (non-hydrogen) atoms. The summed E-state index contributed by atoms with van der Waals surface area (Å²) in [6, 6.07) is 14.9. The molecule has 0 aromatic heterocycles. The van der Waals surface area contributed by atoms with E-state index in [0.29, 0.717) is 13.2 Å². The number of rotatable bonds is 8. The lowest BCUT2D eigenvalue weighted by Gasteiger charge is -2.07. The molecule has 0 saturated carbocycles. The second kappa shape index (κ2) is 8.42. The van der Waals surface area contributed by atoms with Gasteiger partial charge in [-0.3, -0.25) is 0 Å².